The molecule has 0 unspecified atom stereocenters. The van der Waals surface area contributed by atoms with E-state index in [-0.39, 0.29) is 18.4 Å². The fourth-order valence-corrected chi connectivity index (χ4v) is 1.92. The van der Waals surface area contributed by atoms with Gasteiger partial charge in [-0.3, -0.25) is 0 Å². The molecule has 1 rings (SSSR count). The quantitative estimate of drug-likeness (QED) is 0.565. The number of allylic oxidation sites excluding steroid dienone is 1. The van der Waals surface area contributed by atoms with Gasteiger partial charge in [0, 0.05) is 24.9 Å². The molecule has 0 radical (unpaired) electrons. The van der Waals surface area contributed by atoms with E-state index in [9.17, 15) is 4.79 Å². The number of esters is 1. The molecular weight excluding hydrogens is 226 g/mol. The summed E-state index contributed by atoms with van der Waals surface area (Å²) in [6.07, 6.45) is 6.33. The number of nitrogens with zero attached hydrogens (tertiary/aromatic N) is 1. The van der Waals surface area contributed by atoms with Crippen LogP contribution in [-0.2, 0) is 9.53 Å². The van der Waals surface area contributed by atoms with Gasteiger partial charge in [-0.2, -0.15) is 0 Å². The van der Waals surface area contributed by atoms with Gasteiger partial charge in [-0.05, 0) is 32.6 Å². The molecule has 16 heavy (non-hydrogen) atoms. The minimum Gasteiger partial charge on any atom is -0.463 e. The van der Waals surface area contributed by atoms with Crippen LogP contribution in [-0.4, -0.2) is 30.6 Å². The van der Waals surface area contributed by atoms with Crippen LogP contribution in [0.5, 0.6) is 0 Å². The highest BCUT2D eigenvalue weighted by atomic mass is 35.5. The Balaban J connectivity index is 0.00000225. The molecule has 94 valence electrons. The molecule has 0 N–H and O–H groups in total. The first kappa shape index (κ1) is 15.3. The highest BCUT2D eigenvalue weighted by Gasteiger charge is 2.13. The summed E-state index contributed by atoms with van der Waals surface area (Å²) in [5.41, 5.74) is 1.12. The fourth-order valence-electron chi connectivity index (χ4n) is 1.92. The average molecular weight is 248 g/mol. The molecule has 0 bridgehead atoms. The van der Waals surface area contributed by atoms with Crippen molar-refractivity contribution in [3.63, 3.8) is 0 Å². The third-order valence-electron chi connectivity index (χ3n) is 2.70. The fraction of sp³-hybridized carbons (Fsp3) is 0.750. The van der Waals surface area contributed by atoms with E-state index in [1.165, 1.54) is 19.3 Å². The summed E-state index contributed by atoms with van der Waals surface area (Å²) in [4.78, 5) is 13.6. The number of ether oxygens (including phenoxy) is 1. The van der Waals surface area contributed by atoms with Gasteiger partial charge in [0.1, 0.15) is 0 Å². The molecule has 0 aromatic carbocycles. The molecule has 0 aromatic rings. The second-order valence-electron chi connectivity index (χ2n) is 3.79. The lowest BCUT2D eigenvalue weighted by molar-refractivity contribution is -0.137. The summed E-state index contributed by atoms with van der Waals surface area (Å²) in [5.74, 6) is -0.208. The van der Waals surface area contributed by atoms with Crippen molar-refractivity contribution < 1.29 is 9.53 Å². The van der Waals surface area contributed by atoms with Crippen molar-refractivity contribution in [2.45, 2.75) is 39.5 Å². The highest BCUT2D eigenvalue weighted by Crippen LogP contribution is 2.16. The highest BCUT2D eigenvalue weighted by molar-refractivity contribution is 5.85. The molecule has 1 saturated heterocycles. The maximum Gasteiger partial charge on any atom is 0.332 e. The normalized spacial score (nSPS) is 16.6. The Bertz CT molecular complexity index is 235. The number of hydrogen-bond donors (Lipinski definition) is 0. The smallest absolute Gasteiger partial charge is 0.332 e. The van der Waals surface area contributed by atoms with Gasteiger partial charge in [-0.1, -0.05) is 6.92 Å². The van der Waals surface area contributed by atoms with E-state index < -0.39 is 0 Å². The molecular formula is C12H22ClNO2. The topological polar surface area (TPSA) is 29.5 Å². The number of carbonyl (C=O) groups is 1. The van der Waals surface area contributed by atoms with Crippen LogP contribution in [0.15, 0.2) is 11.8 Å². The van der Waals surface area contributed by atoms with Crippen LogP contribution in [0.1, 0.15) is 39.5 Å². The average Bonchev–Trinajstić information content (AvgIpc) is 2.27. The second kappa shape index (κ2) is 8.45. The zero-order chi connectivity index (χ0) is 11.1. The summed E-state index contributed by atoms with van der Waals surface area (Å²) < 4.78 is 4.92. The molecule has 4 heteroatoms. The Hall–Kier alpha value is -0.700. The van der Waals surface area contributed by atoms with Crippen molar-refractivity contribution in [2.75, 3.05) is 19.7 Å². The first-order valence-electron chi connectivity index (χ1n) is 5.90. The van der Waals surface area contributed by atoms with Gasteiger partial charge in [0.15, 0.2) is 0 Å². The molecule has 1 heterocycles. The minimum atomic E-state index is -0.208. The first-order valence-corrected chi connectivity index (χ1v) is 5.90. The van der Waals surface area contributed by atoms with E-state index in [1.54, 1.807) is 6.08 Å². The maximum absolute atomic E-state index is 11.3. The van der Waals surface area contributed by atoms with E-state index in [1.807, 2.05) is 6.92 Å². The standard InChI is InChI=1S/C12H21NO2.ClH/c1-3-11(10-12(14)15-4-2)13-8-6-5-7-9-13;/h10H,3-9H2,1-2H3;1H. The van der Waals surface area contributed by atoms with Crippen molar-refractivity contribution >= 4 is 18.4 Å². The van der Waals surface area contributed by atoms with Crippen LogP contribution in [0, 0.1) is 0 Å². The predicted octanol–water partition coefficient (Wildman–Crippen LogP) is 2.75. The molecule has 1 aliphatic rings. The van der Waals surface area contributed by atoms with Crippen molar-refractivity contribution in [1.82, 2.24) is 4.90 Å². The minimum absolute atomic E-state index is 0. The third kappa shape index (κ3) is 4.88. The summed E-state index contributed by atoms with van der Waals surface area (Å²) in [7, 11) is 0. The third-order valence-corrected chi connectivity index (χ3v) is 2.70. The van der Waals surface area contributed by atoms with Crippen LogP contribution in [0.3, 0.4) is 0 Å². The Labute approximate surface area is 104 Å². The zero-order valence-corrected chi connectivity index (χ0v) is 11.0. The number of likely N-dealkylation sites (tertiary alicyclic amines) is 1. The van der Waals surface area contributed by atoms with Crippen molar-refractivity contribution in [3.05, 3.63) is 11.8 Å². The molecule has 0 spiro atoms. The summed E-state index contributed by atoms with van der Waals surface area (Å²) >= 11 is 0. The predicted molar refractivity (Wildman–Crippen MR) is 67.7 cm³/mol. The number of hydrogen-bond acceptors (Lipinski definition) is 3. The molecule has 0 saturated carbocycles. The summed E-state index contributed by atoms with van der Waals surface area (Å²) in [5, 5.41) is 0. The number of halogens is 1. The van der Waals surface area contributed by atoms with Crippen LogP contribution >= 0.6 is 12.4 Å². The van der Waals surface area contributed by atoms with E-state index in [2.05, 4.69) is 11.8 Å². The van der Waals surface area contributed by atoms with Gasteiger partial charge in [-0.25, -0.2) is 4.79 Å². The van der Waals surface area contributed by atoms with Gasteiger partial charge >= 0.3 is 5.97 Å². The summed E-state index contributed by atoms with van der Waals surface area (Å²) in [6.45, 7) is 6.53. The van der Waals surface area contributed by atoms with Crippen molar-refractivity contribution in [1.29, 1.82) is 0 Å². The monoisotopic (exact) mass is 247 g/mol. The van der Waals surface area contributed by atoms with Crippen LogP contribution in [0.2, 0.25) is 0 Å². The Morgan fingerprint density at radius 1 is 1.25 bits per heavy atom. The van der Waals surface area contributed by atoms with E-state index in [0.29, 0.717) is 6.61 Å². The molecule has 0 atom stereocenters. The van der Waals surface area contributed by atoms with Crippen molar-refractivity contribution in [2.24, 2.45) is 0 Å². The first-order chi connectivity index (χ1) is 7.27. The van der Waals surface area contributed by atoms with Gasteiger partial charge in [0.2, 0.25) is 0 Å². The van der Waals surface area contributed by atoms with Crippen LogP contribution in [0.4, 0.5) is 0 Å². The summed E-state index contributed by atoms with van der Waals surface area (Å²) in [6, 6.07) is 0. The number of piperidine rings is 1. The lowest BCUT2D eigenvalue weighted by Gasteiger charge is -2.30. The van der Waals surface area contributed by atoms with E-state index >= 15 is 0 Å². The molecule has 0 aliphatic carbocycles. The molecule has 0 aromatic heterocycles. The van der Waals surface area contributed by atoms with Gasteiger partial charge in [-0.15, -0.1) is 12.4 Å². The number of carbonyl (C=O) groups excluding carboxylic acids is 1. The Morgan fingerprint density at radius 3 is 2.38 bits per heavy atom. The number of rotatable bonds is 4. The van der Waals surface area contributed by atoms with E-state index in [0.717, 1.165) is 25.2 Å². The molecule has 1 aliphatic heterocycles. The lowest BCUT2D eigenvalue weighted by atomic mass is 10.1. The van der Waals surface area contributed by atoms with E-state index in [4.69, 9.17) is 4.74 Å². The Kier molecular flexibility index (Phi) is 8.08. The van der Waals surface area contributed by atoms with Crippen molar-refractivity contribution in [3.8, 4) is 0 Å². The largest absolute Gasteiger partial charge is 0.463 e. The van der Waals surface area contributed by atoms with Gasteiger partial charge in [0.05, 0.1) is 6.61 Å². The molecule has 0 amide bonds. The molecule has 1 fully saturated rings. The van der Waals surface area contributed by atoms with Gasteiger partial charge in [0.25, 0.3) is 0 Å². The van der Waals surface area contributed by atoms with Crippen LogP contribution < -0.4 is 0 Å². The maximum atomic E-state index is 11.3. The molecule has 3 nitrogen and oxygen atoms in total. The second-order valence-corrected chi connectivity index (χ2v) is 3.79. The lowest BCUT2D eigenvalue weighted by Crippen LogP contribution is -2.29. The van der Waals surface area contributed by atoms with Crippen LogP contribution in [0.25, 0.3) is 0 Å². The van der Waals surface area contributed by atoms with Gasteiger partial charge < -0.3 is 9.64 Å². The SMILES string of the molecule is CCOC(=O)C=C(CC)N1CCCCC1.Cl. The zero-order valence-electron chi connectivity index (χ0n) is 10.2. The Morgan fingerprint density at radius 2 is 1.88 bits per heavy atom.